The lowest BCUT2D eigenvalue weighted by atomic mass is 9.87. The molecule has 1 aromatic rings. The lowest BCUT2D eigenvalue weighted by molar-refractivity contribution is 0.0465. The van der Waals surface area contributed by atoms with Crippen LogP contribution in [-0.2, 0) is 6.42 Å². The van der Waals surface area contributed by atoms with Crippen molar-refractivity contribution in [1.29, 1.82) is 0 Å². The molecule has 3 nitrogen and oxygen atoms in total. The minimum absolute atomic E-state index is 0.331. The number of benzene rings is 1. The Hall–Kier alpha value is -1.06. The minimum atomic E-state index is -0.620. The van der Waals surface area contributed by atoms with Crippen molar-refractivity contribution in [3.8, 4) is 5.75 Å². The topological polar surface area (TPSA) is 41.5 Å². The molecule has 0 radical (unpaired) electrons. The Balaban J connectivity index is 2.08. The number of fused-ring (bicyclic) bond motifs is 1. The van der Waals surface area contributed by atoms with E-state index in [0.29, 0.717) is 12.6 Å². The van der Waals surface area contributed by atoms with Gasteiger partial charge in [-0.1, -0.05) is 19.4 Å². The molecule has 20 heavy (non-hydrogen) atoms. The molecule has 0 saturated heterocycles. The summed E-state index contributed by atoms with van der Waals surface area (Å²) in [5, 5.41) is 13.9. The molecule has 0 saturated carbocycles. The van der Waals surface area contributed by atoms with Gasteiger partial charge >= 0.3 is 0 Å². The normalized spacial score (nSPS) is 21.1. The van der Waals surface area contributed by atoms with Crippen LogP contribution in [0.1, 0.15) is 56.7 Å². The van der Waals surface area contributed by atoms with Crippen LogP contribution in [0.3, 0.4) is 0 Å². The quantitative estimate of drug-likeness (QED) is 0.839. The molecule has 0 amide bonds. The first kappa shape index (κ1) is 15.3. The van der Waals surface area contributed by atoms with Crippen LogP contribution in [0.5, 0.6) is 5.75 Å². The largest absolute Gasteiger partial charge is 0.497 e. The summed E-state index contributed by atoms with van der Waals surface area (Å²) >= 11 is 0. The number of aryl methyl sites for hydroxylation is 1. The summed E-state index contributed by atoms with van der Waals surface area (Å²) in [5.41, 5.74) is 2.12. The molecule has 2 rings (SSSR count). The van der Waals surface area contributed by atoms with Gasteiger partial charge < -0.3 is 15.2 Å². The van der Waals surface area contributed by atoms with Crippen LogP contribution in [-0.4, -0.2) is 24.4 Å². The van der Waals surface area contributed by atoms with Gasteiger partial charge in [0.05, 0.1) is 12.7 Å². The van der Waals surface area contributed by atoms with E-state index in [-0.39, 0.29) is 0 Å². The van der Waals surface area contributed by atoms with E-state index < -0.39 is 5.60 Å². The van der Waals surface area contributed by atoms with Crippen molar-refractivity contribution in [3.05, 3.63) is 29.3 Å². The van der Waals surface area contributed by atoms with Crippen molar-refractivity contribution in [3.63, 3.8) is 0 Å². The zero-order valence-corrected chi connectivity index (χ0v) is 12.9. The summed E-state index contributed by atoms with van der Waals surface area (Å²) in [7, 11) is 1.71. The Kier molecular flexibility index (Phi) is 5.06. The summed E-state index contributed by atoms with van der Waals surface area (Å²) in [6.07, 6.45) is 5.31. The molecule has 2 unspecified atom stereocenters. The average Bonchev–Trinajstić information content (AvgIpc) is 2.44. The van der Waals surface area contributed by atoms with Gasteiger partial charge in [-0.15, -0.1) is 0 Å². The number of hydrogen-bond acceptors (Lipinski definition) is 3. The Labute approximate surface area is 122 Å². The van der Waals surface area contributed by atoms with E-state index in [9.17, 15) is 5.11 Å². The molecule has 0 bridgehead atoms. The second-order valence-electron chi connectivity index (χ2n) is 6.14. The van der Waals surface area contributed by atoms with Gasteiger partial charge in [-0.2, -0.15) is 0 Å². The van der Waals surface area contributed by atoms with Crippen molar-refractivity contribution >= 4 is 0 Å². The molecule has 112 valence electrons. The molecule has 0 aromatic heterocycles. The fourth-order valence-corrected chi connectivity index (χ4v) is 3.09. The third-order valence-corrected chi connectivity index (χ3v) is 4.19. The van der Waals surface area contributed by atoms with E-state index in [1.54, 1.807) is 7.11 Å². The fourth-order valence-electron chi connectivity index (χ4n) is 3.09. The minimum Gasteiger partial charge on any atom is -0.497 e. The standard InChI is InChI=1S/C17H27NO2/c1-4-10-17(2,19)12-18-16-7-5-6-13-8-9-14(20-3)11-15(13)16/h8-9,11,16,18-19H,4-7,10,12H2,1-3H3. The molecule has 2 atom stereocenters. The number of hydrogen-bond donors (Lipinski definition) is 2. The average molecular weight is 277 g/mol. The van der Waals surface area contributed by atoms with Crippen molar-refractivity contribution in [1.82, 2.24) is 5.32 Å². The summed E-state index contributed by atoms with van der Waals surface area (Å²) < 4.78 is 5.34. The van der Waals surface area contributed by atoms with Crippen molar-refractivity contribution in [2.45, 2.75) is 57.6 Å². The van der Waals surface area contributed by atoms with Crippen LogP contribution in [0, 0.1) is 0 Å². The number of ether oxygens (including phenoxy) is 1. The second-order valence-corrected chi connectivity index (χ2v) is 6.14. The van der Waals surface area contributed by atoms with Gasteiger partial charge in [0.1, 0.15) is 5.75 Å². The first-order chi connectivity index (χ1) is 9.55. The number of aliphatic hydroxyl groups is 1. The van der Waals surface area contributed by atoms with Crippen LogP contribution in [0.2, 0.25) is 0 Å². The maximum atomic E-state index is 10.3. The van der Waals surface area contributed by atoms with E-state index >= 15 is 0 Å². The third-order valence-electron chi connectivity index (χ3n) is 4.19. The Bertz CT molecular complexity index is 443. The van der Waals surface area contributed by atoms with Gasteiger partial charge in [-0.3, -0.25) is 0 Å². The third kappa shape index (κ3) is 3.74. The lowest BCUT2D eigenvalue weighted by Crippen LogP contribution is -2.40. The van der Waals surface area contributed by atoms with Gasteiger partial charge in [0.15, 0.2) is 0 Å². The highest BCUT2D eigenvalue weighted by Crippen LogP contribution is 2.32. The zero-order chi connectivity index (χ0) is 14.6. The number of rotatable bonds is 6. The fraction of sp³-hybridized carbons (Fsp3) is 0.647. The molecular formula is C17H27NO2. The highest BCUT2D eigenvalue weighted by molar-refractivity contribution is 5.39. The molecular weight excluding hydrogens is 250 g/mol. The van der Waals surface area contributed by atoms with Gasteiger partial charge in [-0.05, 0) is 55.9 Å². The lowest BCUT2D eigenvalue weighted by Gasteiger charge is -2.31. The van der Waals surface area contributed by atoms with Crippen molar-refractivity contribution < 1.29 is 9.84 Å². The monoisotopic (exact) mass is 277 g/mol. The summed E-state index contributed by atoms with van der Waals surface area (Å²) in [4.78, 5) is 0. The maximum absolute atomic E-state index is 10.3. The van der Waals surface area contributed by atoms with Crippen LogP contribution < -0.4 is 10.1 Å². The van der Waals surface area contributed by atoms with Gasteiger partial charge in [0, 0.05) is 12.6 Å². The SMILES string of the molecule is CCCC(C)(O)CNC1CCCc2ccc(OC)cc21. The van der Waals surface area contributed by atoms with Crippen LogP contribution in [0.15, 0.2) is 18.2 Å². The number of nitrogens with one attached hydrogen (secondary N) is 1. The Morgan fingerprint density at radius 2 is 2.25 bits per heavy atom. The smallest absolute Gasteiger partial charge is 0.119 e. The van der Waals surface area contributed by atoms with Gasteiger partial charge in [0.25, 0.3) is 0 Å². The molecule has 0 aliphatic heterocycles. The molecule has 3 heteroatoms. The highest BCUT2D eigenvalue weighted by atomic mass is 16.5. The Morgan fingerprint density at radius 1 is 1.45 bits per heavy atom. The van der Waals surface area contributed by atoms with E-state index in [1.807, 2.05) is 13.0 Å². The second kappa shape index (κ2) is 6.59. The van der Waals surface area contributed by atoms with Gasteiger partial charge in [-0.25, -0.2) is 0 Å². The summed E-state index contributed by atoms with van der Waals surface area (Å²) in [6, 6.07) is 6.68. The highest BCUT2D eigenvalue weighted by Gasteiger charge is 2.24. The summed E-state index contributed by atoms with van der Waals surface area (Å²) in [6.45, 7) is 4.66. The molecule has 1 aromatic carbocycles. The molecule has 0 heterocycles. The predicted octanol–water partition coefficient (Wildman–Crippen LogP) is 3.21. The first-order valence-electron chi connectivity index (χ1n) is 7.68. The van der Waals surface area contributed by atoms with Crippen molar-refractivity contribution in [2.24, 2.45) is 0 Å². The molecule has 1 aliphatic rings. The maximum Gasteiger partial charge on any atom is 0.119 e. The van der Waals surface area contributed by atoms with Crippen molar-refractivity contribution in [2.75, 3.05) is 13.7 Å². The first-order valence-corrected chi connectivity index (χ1v) is 7.68. The van der Waals surface area contributed by atoms with Crippen LogP contribution in [0.4, 0.5) is 0 Å². The molecule has 0 fully saturated rings. The van der Waals surface area contributed by atoms with Crippen LogP contribution in [0.25, 0.3) is 0 Å². The van der Waals surface area contributed by atoms with Crippen LogP contribution >= 0.6 is 0 Å². The van der Waals surface area contributed by atoms with E-state index in [4.69, 9.17) is 4.74 Å². The van der Waals surface area contributed by atoms with Gasteiger partial charge in [0.2, 0.25) is 0 Å². The molecule has 1 aliphatic carbocycles. The zero-order valence-electron chi connectivity index (χ0n) is 12.9. The van der Waals surface area contributed by atoms with E-state index in [2.05, 4.69) is 24.4 Å². The molecule has 0 spiro atoms. The predicted molar refractivity (Wildman–Crippen MR) is 82.2 cm³/mol. The molecule has 2 N–H and O–H groups in total. The van der Waals surface area contributed by atoms with E-state index in [0.717, 1.165) is 31.4 Å². The van der Waals surface area contributed by atoms with E-state index in [1.165, 1.54) is 17.5 Å². The summed E-state index contributed by atoms with van der Waals surface area (Å²) in [5.74, 6) is 0.915. The Morgan fingerprint density at radius 3 is 2.95 bits per heavy atom. The number of methoxy groups -OCH3 is 1.